The summed E-state index contributed by atoms with van der Waals surface area (Å²) in [6.07, 6.45) is 10.3. The number of nitrogens with one attached hydrogen (secondary N) is 1. The van der Waals surface area contributed by atoms with Gasteiger partial charge in [-0.25, -0.2) is 0 Å². The quantitative estimate of drug-likeness (QED) is 0.597. The first kappa shape index (κ1) is 22.2. The molecule has 4 nitrogen and oxygen atoms in total. The number of ether oxygens (including phenoxy) is 1. The van der Waals surface area contributed by atoms with Crippen LogP contribution in [0.4, 0.5) is 0 Å². The van der Waals surface area contributed by atoms with Crippen molar-refractivity contribution >= 4 is 5.91 Å². The summed E-state index contributed by atoms with van der Waals surface area (Å²) in [7, 11) is 0. The molecule has 1 saturated carbocycles. The Hall–Kier alpha value is -1.97. The van der Waals surface area contributed by atoms with Crippen molar-refractivity contribution in [3.05, 3.63) is 34.9 Å². The van der Waals surface area contributed by atoms with E-state index >= 15 is 0 Å². The van der Waals surface area contributed by atoms with Crippen molar-refractivity contribution in [2.45, 2.75) is 109 Å². The van der Waals surface area contributed by atoms with Gasteiger partial charge in [0.2, 0.25) is 5.91 Å². The number of allylic oxidation sites excluding steroid dienone is 1. The third-order valence-corrected chi connectivity index (χ3v) is 7.94. The summed E-state index contributed by atoms with van der Waals surface area (Å²) in [4.78, 5) is 13.0. The van der Waals surface area contributed by atoms with E-state index in [4.69, 9.17) is 4.74 Å². The normalized spacial score (nSPS) is 25.3. The smallest absolute Gasteiger partial charge is 0.247 e. The monoisotopic (exact) mass is 425 g/mol. The van der Waals surface area contributed by atoms with E-state index in [0.717, 1.165) is 54.6 Å². The molecule has 1 aromatic rings. The zero-order chi connectivity index (χ0) is 22.4. The van der Waals surface area contributed by atoms with E-state index in [1.54, 1.807) is 0 Å². The number of fused-ring (bicyclic) bond motifs is 3. The van der Waals surface area contributed by atoms with Crippen molar-refractivity contribution in [1.29, 1.82) is 0 Å². The lowest BCUT2D eigenvalue weighted by atomic mass is 9.66. The maximum absolute atomic E-state index is 13.0. The van der Waals surface area contributed by atoms with Crippen LogP contribution < -0.4 is 10.1 Å². The first-order valence-corrected chi connectivity index (χ1v) is 12.2. The van der Waals surface area contributed by atoms with E-state index in [2.05, 4.69) is 52.1 Å². The van der Waals surface area contributed by atoms with E-state index in [1.165, 1.54) is 12.8 Å². The topological polar surface area (TPSA) is 58.6 Å². The molecular formula is C27H39NO3. The van der Waals surface area contributed by atoms with Gasteiger partial charge in [-0.15, -0.1) is 0 Å². The lowest BCUT2D eigenvalue weighted by molar-refractivity contribution is -0.118. The molecule has 0 unspecified atom stereocenters. The number of phenols is 1. The molecule has 3 aliphatic rings. The summed E-state index contributed by atoms with van der Waals surface area (Å²) < 4.78 is 6.50. The van der Waals surface area contributed by atoms with Crippen LogP contribution in [0.25, 0.3) is 0 Å². The number of amides is 1. The Balaban J connectivity index is 1.65. The third kappa shape index (κ3) is 4.23. The van der Waals surface area contributed by atoms with Gasteiger partial charge in [0.1, 0.15) is 17.1 Å². The Labute approximate surface area is 187 Å². The molecule has 0 bridgehead atoms. The standard InChI is InChI=1S/C27H39NO3/c1-6-13-26(2,3)18-15-22(29)24-20-14-17(25(30)28-19-9-7-8-10-19)11-12-21(20)27(4,5)31-23(24)16-18/h11,15-16,19-21,29H,6-10,12-14H2,1-5H3,(H,28,30)/t20-,21-/m1/s1. The number of hydrogen-bond acceptors (Lipinski definition) is 3. The fraction of sp³-hybridized carbons (Fsp3) is 0.667. The summed E-state index contributed by atoms with van der Waals surface area (Å²) in [5, 5.41) is 14.4. The number of phenolic OH excluding ortho intramolecular Hbond substituents is 1. The molecule has 1 fully saturated rings. The van der Waals surface area contributed by atoms with Crippen molar-refractivity contribution in [2.75, 3.05) is 0 Å². The third-order valence-electron chi connectivity index (χ3n) is 7.94. The molecule has 31 heavy (non-hydrogen) atoms. The number of carbonyl (C=O) groups is 1. The zero-order valence-corrected chi connectivity index (χ0v) is 19.9. The molecule has 170 valence electrons. The van der Waals surface area contributed by atoms with Crippen LogP contribution in [0.15, 0.2) is 23.8 Å². The van der Waals surface area contributed by atoms with Gasteiger partial charge in [-0.3, -0.25) is 4.79 Å². The average Bonchev–Trinajstić information content (AvgIpc) is 3.19. The Morgan fingerprint density at radius 3 is 2.65 bits per heavy atom. The summed E-state index contributed by atoms with van der Waals surface area (Å²) in [6, 6.07) is 4.39. The van der Waals surface area contributed by atoms with E-state index in [1.807, 2.05) is 6.07 Å². The molecule has 0 saturated heterocycles. The highest BCUT2D eigenvalue weighted by Gasteiger charge is 2.47. The fourth-order valence-corrected chi connectivity index (χ4v) is 6.09. The molecule has 4 heteroatoms. The van der Waals surface area contributed by atoms with Gasteiger partial charge < -0.3 is 15.2 Å². The minimum absolute atomic E-state index is 0.0234. The van der Waals surface area contributed by atoms with E-state index in [-0.39, 0.29) is 28.8 Å². The van der Waals surface area contributed by atoms with Crippen LogP contribution in [0.3, 0.4) is 0 Å². The molecule has 0 spiro atoms. The predicted molar refractivity (Wildman–Crippen MR) is 125 cm³/mol. The van der Waals surface area contributed by atoms with Gasteiger partial charge >= 0.3 is 0 Å². The van der Waals surface area contributed by atoms with Crippen LogP contribution in [0.5, 0.6) is 11.5 Å². The van der Waals surface area contributed by atoms with Crippen LogP contribution in [-0.2, 0) is 10.2 Å². The van der Waals surface area contributed by atoms with Crippen molar-refractivity contribution < 1.29 is 14.6 Å². The van der Waals surface area contributed by atoms with E-state index in [9.17, 15) is 9.90 Å². The summed E-state index contributed by atoms with van der Waals surface area (Å²) >= 11 is 0. The highest BCUT2D eigenvalue weighted by Crippen LogP contribution is 2.55. The number of benzene rings is 1. The number of hydrogen-bond donors (Lipinski definition) is 2. The molecule has 4 rings (SSSR count). The van der Waals surface area contributed by atoms with E-state index < -0.39 is 0 Å². The SMILES string of the molecule is CCCC(C)(C)c1cc(O)c2c(c1)OC(C)(C)[C@@H]1CC=C(C(=O)NC3CCCC3)C[C@@H]21. The van der Waals surface area contributed by atoms with Gasteiger partial charge in [0.15, 0.2) is 0 Å². The Kier molecular flexibility index (Phi) is 5.87. The largest absolute Gasteiger partial charge is 0.508 e. The molecule has 1 aromatic carbocycles. The van der Waals surface area contributed by atoms with Crippen LogP contribution >= 0.6 is 0 Å². The van der Waals surface area contributed by atoms with E-state index in [0.29, 0.717) is 18.2 Å². The van der Waals surface area contributed by atoms with Crippen LogP contribution in [0.1, 0.15) is 103 Å². The van der Waals surface area contributed by atoms with Crippen molar-refractivity contribution in [1.82, 2.24) is 5.32 Å². The molecule has 2 aliphatic carbocycles. The number of rotatable bonds is 5. The lowest BCUT2D eigenvalue weighted by Crippen LogP contribution is -2.46. The lowest BCUT2D eigenvalue weighted by Gasteiger charge is -2.47. The minimum atomic E-state index is -0.346. The second-order valence-corrected chi connectivity index (χ2v) is 11.1. The second kappa shape index (κ2) is 8.18. The molecule has 1 heterocycles. The summed E-state index contributed by atoms with van der Waals surface area (Å²) in [5.41, 5.74) is 2.50. The molecule has 1 amide bonds. The van der Waals surface area contributed by atoms with Crippen LogP contribution in [0, 0.1) is 5.92 Å². The van der Waals surface area contributed by atoms with Crippen molar-refractivity contribution in [3.63, 3.8) is 0 Å². The van der Waals surface area contributed by atoms with Gasteiger partial charge in [0, 0.05) is 29.0 Å². The maximum Gasteiger partial charge on any atom is 0.247 e. The molecule has 1 aliphatic heterocycles. The Morgan fingerprint density at radius 2 is 1.97 bits per heavy atom. The first-order chi connectivity index (χ1) is 14.6. The number of carbonyl (C=O) groups excluding carboxylic acids is 1. The molecular weight excluding hydrogens is 386 g/mol. The Bertz CT molecular complexity index is 877. The van der Waals surface area contributed by atoms with Gasteiger partial charge in [-0.1, -0.05) is 46.1 Å². The number of aromatic hydroxyl groups is 1. The summed E-state index contributed by atoms with van der Waals surface area (Å²) in [6.45, 7) is 10.9. The highest BCUT2D eigenvalue weighted by molar-refractivity contribution is 5.94. The van der Waals surface area contributed by atoms with Crippen molar-refractivity contribution in [2.24, 2.45) is 5.92 Å². The highest BCUT2D eigenvalue weighted by atomic mass is 16.5. The molecule has 2 atom stereocenters. The van der Waals surface area contributed by atoms with Crippen LogP contribution in [-0.4, -0.2) is 22.7 Å². The first-order valence-electron chi connectivity index (χ1n) is 12.2. The second-order valence-electron chi connectivity index (χ2n) is 11.1. The summed E-state index contributed by atoms with van der Waals surface area (Å²) in [5.74, 6) is 1.53. The van der Waals surface area contributed by atoms with Gasteiger partial charge in [-0.05, 0) is 69.1 Å². The minimum Gasteiger partial charge on any atom is -0.508 e. The maximum atomic E-state index is 13.0. The molecule has 2 N–H and O–H groups in total. The fourth-order valence-electron chi connectivity index (χ4n) is 6.09. The zero-order valence-electron chi connectivity index (χ0n) is 19.9. The van der Waals surface area contributed by atoms with Crippen molar-refractivity contribution in [3.8, 4) is 11.5 Å². The predicted octanol–water partition coefficient (Wildman–Crippen LogP) is 6.12. The van der Waals surface area contributed by atoms with Gasteiger partial charge in [0.05, 0.1) is 0 Å². The average molecular weight is 426 g/mol. The van der Waals surface area contributed by atoms with Gasteiger partial charge in [0.25, 0.3) is 0 Å². The van der Waals surface area contributed by atoms with Gasteiger partial charge in [-0.2, -0.15) is 0 Å². The molecule has 0 aromatic heterocycles. The molecule has 0 radical (unpaired) electrons. The van der Waals surface area contributed by atoms with Crippen LogP contribution in [0.2, 0.25) is 0 Å². The Morgan fingerprint density at radius 1 is 1.26 bits per heavy atom.